The number of allylic oxidation sites excluding steroid dienone is 1. The van der Waals surface area contributed by atoms with Crippen LogP contribution in [0.15, 0.2) is 23.4 Å². The smallest absolute Gasteiger partial charge is 0.217 e. The van der Waals surface area contributed by atoms with Crippen molar-refractivity contribution in [2.75, 3.05) is 7.11 Å². The monoisotopic (exact) mass is 258 g/mol. The van der Waals surface area contributed by atoms with Gasteiger partial charge in [-0.25, -0.2) is 0 Å². The summed E-state index contributed by atoms with van der Waals surface area (Å²) in [5.41, 5.74) is -2.72. The molecule has 1 aliphatic rings. The lowest BCUT2D eigenvalue weighted by Gasteiger charge is -2.36. The summed E-state index contributed by atoms with van der Waals surface area (Å²) in [6.45, 7) is 6.86. The molecule has 0 fully saturated rings. The van der Waals surface area contributed by atoms with E-state index in [1.165, 1.54) is 13.2 Å². The quantitative estimate of drug-likeness (QED) is 0.761. The molecule has 0 aliphatic heterocycles. The van der Waals surface area contributed by atoms with Crippen LogP contribution in [0.4, 0.5) is 0 Å². The fraction of sp³-hybridized carbons (Fsp3) is 0.500. The third kappa shape index (κ3) is 2.03. The molecular weight excluding hydrogens is 244 g/mol. The number of Topliss-reactive ketones (excluding diaryl/α,β-unsaturated/α-hetero) is 2. The molecule has 0 bridgehead atoms. The van der Waals surface area contributed by atoms with E-state index < -0.39 is 16.8 Å². The van der Waals surface area contributed by atoms with Crippen molar-refractivity contribution in [3.8, 4) is 0 Å². The van der Waals surface area contributed by atoms with Crippen LogP contribution in [0.1, 0.15) is 20.3 Å². The predicted molar refractivity (Wildman–Crippen MR) is 63.4 cm³/mol. The highest BCUT2D eigenvalue weighted by atomic mass is 35.5. The summed E-state index contributed by atoms with van der Waals surface area (Å²) in [6, 6.07) is 0. The first-order chi connectivity index (χ1) is 7.70. The summed E-state index contributed by atoms with van der Waals surface area (Å²) in [7, 11) is 1.29. The van der Waals surface area contributed by atoms with Crippen molar-refractivity contribution in [1.82, 2.24) is 0 Å². The first-order valence-corrected chi connectivity index (χ1v) is 5.47. The summed E-state index contributed by atoms with van der Waals surface area (Å²) in [6.07, 6.45) is 1.11. The fourth-order valence-electron chi connectivity index (χ4n) is 1.50. The van der Waals surface area contributed by atoms with Crippen LogP contribution in [0.25, 0.3) is 0 Å². The Labute approximate surface area is 105 Å². The Kier molecular flexibility index (Phi) is 3.50. The molecule has 0 amide bonds. The standard InChI is InChI=1S/C12H15ClO4/c1-5-11(2,3)7(14)6-12(16)9(15)8(13)10(12)17-4/h5,16H,1,6H2,2-4H3. The van der Waals surface area contributed by atoms with Crippen molar-refractivity contribution in [2.45, 2.75) is 25.9 Å². The maximum atomic E-state index is 11.9. The molecule has 0 heterocycles. The summed E-state index contributed by atoms with van der Waals surface area (Å²) >= 11 is 5.60. The number of halogens is 1. The average Bonchev–Trinajstić information content (AvgIpc) is 2.28. The molecule has 0 saturated heterocycles. The highest BCUT2D eigenvalue weighted by Crippen LogP contribution is 2.41. The number of carbonyl (C=O) groups excluding carboxylic acids is 2. The van der Waals surface area contributed by atoms with Crippen LogP contribution < -0.4 is 0 Å². The Bertz CT molecular complexity index is 422. The number of methoxy groups -OCH3 is 1. The SMILES string of the molecule is C=CC(C)(C)C(=O)CC1(O)C(=O)C(Cl)=C1OC. The lowest BCUT2D eigenvalue weighted by atomic mass is 9.75. The minimum atomic E-state index is -1.91. The van der Waals surface area contributed by atoms with Gasteiger partial charge in [-0.2, -0.15) is 0 Å². The first kappa shape index (κ1) is 13.9. The number of hydrogen-bond donors (Lipinski definition) is 1. The topological polar surface area (TPSA) is 63.6 Å². The summed E-state index contributed by atoms with van der Waals surface area (Å²) in [4.78, 5) is 23.4. The van der Waals surface area contributed by atoms with Gasteiger partial charge in [-0.15, -0.1) is 6.58 Å². The second kappa shape index (κ2) is 4.27. The van der Waals surface area contributed by atoms with Gasteiger partial charge in [-0.05, 0) is 13.8 Å². The van der Waals surface area contributed by atoms with Crippen molar-refractivity contribution >= 4 is 23.2 Å². The van der Waals surface area contributed by atoms with Gasteiger partial charge < -0.3 is 9.84 Å². The maximum absolute atomic E-state index is 11.9. The van der Waals surface area contributed by atoms with Gasteiger partial charge in [0.2, 0.25) is 5.78 Å². The van der Waals surface area contributed by atoms with Crippen LogP contribution in [-0.2, 0) is 14.3 Å². The van der Waals surface area contributed by atoms with Crippen LogP contribution in [0, 0.1) is 5.41 Å². The molecule has 0 saturated carbocycles. The lowest BCUT2D eigenvalue weighted by Crippen LogP contribution is -2.52. The Balaban J connectivity index is 2.95. The summed E-state index contributed by atoms with van der Waals surface area (Å²) in [5, 5.41) is 9.91. The van der Waals surface area contributed by atoms with Crippen molar-refractivity contribution in [1.29, 1.82) is 0 Å². The Morgan fingerprint density at radius 2 is 2.18 bits per heavy atom. The highest BCUT2D eigenvalue weighted by Gasteiger charge is 2.56. The van der Waals surface area contributed by atoms with Crippen LogP contribution in [-0.4, -0.2) is 29.4 Å². The largest absolute Gasteiger partial charge is 0.496 e. The molecule has 4 nitrogen and oxygen atoms in total. The highest BCUT2D eigenvalue weighted by molar-refractivity contribution is 6.47. The van der Waals surface area contributed by atoms with Crippen LogP contribution in [0.5, 0.6) is 0 Å². The Morgan fingerprint density at radius 1 is 1.65 bits per heavy atom. The number of ether oxygens (including phenoxy) is 1. The van der Waals surface area contributed by atoms with Crippen LogP contribution in [0.2, 0.25) is 0 Å². The van der Waals surface area contributed by atoms with Gasteiger partial charge in [0.25, 0.3) is 0 Å². The molecule has 17 heavy (non-hydrogen) atoms. The minimum Gasteiger partial charge on any atom is -0.496 e. The molecule has 1 rings (SSSR count). The van der Waals surface area contributed by atoms with E-state index in [4.69, 9.17) is 16.3 Å². The molecular formula is C12H15ClO4. The van der Waals surface area contributed by atoms with E-state index in [-0.39, 0.29) is 23.0 Å². The molecule has 0 aromatic rings. The third-order valence-electron chi connectivity index (χ3n) is 3.00. The van der Waals surface area contributed by atoms with Crippen LogP contribution in [0.3, 0.4) is 0 Å². The molecule has 1 unspecified atom stereocenters. The first-order valence-electron chi connectivity index (χ1n) is 5.09. The van der Waals surface area contributed by atoms with E-state index in [1.807, 2.05) is 0 Å². The zero-order valence-electron chi connectivity index (χ0n) is 10.0. The molecule has 0 spiro atoms. The van der Waals surface area contributed by atoms with Gasteiger partial charge in [0.1, 0.15) is 10.8 Å². The van der Waals surface area contributed by atoms with Crippen molar-refractivity contribution in [2.24, 2.45) is 5.41 Å². The molecule has 1 aliphatic carbocycles. The number of rotatable bonds is 5. The van der Waals surface area contributed by atoms with Crippen molar-refractivity contribution < 1.29 is 19.4 Å². The van der Waals surface area contributed by atoms with E-state index in [2.05, 4.69) is 6.58 Å². The Hall–Kier alpha value is -1.13. The number of aliphatic hydroxyl groups is 1. The predicted octanol–water partition coefficient (Wildman–Crippen LogP) is 1.57. The van der Waals surface area contributed by atoms with Crippen molar-refractivity contribution in [3.05, 3.63) is 23.4 Å². The van der Waals surface area contributed by atoms with Gasteiger partial charge >= 0.3 is 0 Å². The lowest BCUT2D eigenvalue weighted by molar-refractivity contribution is -0.146. The van der Waals surface area contributed by atoms with E-state index in [0.717, 1.165) is 0 Å². The van der Waals surface area contributed by atoms with Crippen LogP contribution >= 0.6 is 11.6 Å². The Morgan fingerprint density at radius 3 is 2.59 bits per heavy atom. The molecule has 1 N–H and O–H groups in total. The normalized spacial score (nSPS) is 24.4. The van der Waals surface area contributed by atoms with E-state index in [0.29, 0.717) is 0 Å². The second-order valence-electron chi connectivity index (χ2n) is 4.56. The van der Waals surface area contributed by atoms with E-state index >= 15 is 0 Å². The summed E-state index contributed by atoms with van der Waals surface area (Å²) < 4.78 is 4.83. The van der Waals surface area contributed by atoms with Gasteiger partial charge in [0.15, 0.2) is 11.4 Å². The number of hydrogen-bond acceptors (Lipinski definition) is 4. The van der Waals surface area contributed by atoms with Gasteiger partial charge in [-0.3, -0.25) is 9.59 Å². The molecule has 0 aromatic carbocycles. The van der Waals surface area contributed by atoms with Gasteiger partial charge in [-0.1, -0.05) is 17.7 Å². The third-order valence-corrected chi connectivity index (χ3v) is 3.34. The average molecular weight is 259 g/mol. The van der Waals surface area contributed by atoms with E-state index in [1.54, 1.807) is 13.8 Å². The van der Waals surface area contributed by atoms with Gasteiger partial charge in [0.05, 0.1) is 13.5 Å². The zero-order valence-corrected chi connectivity index (χ0v) is 10.8. The number of ketones is 2. The molecule has 94 valence electrons. The molecule has 0 aromatic heterocycles. The number of carbonyl (C=O) groups is 2. The fourth-order valence-corrected chi connectivity index (χ4v) is 1.89. The second-order valence-corrected chi connectivity index (χ2v) is 4.94. The molecule has 1 atom stereocenters. The molecule has 5 heteroatoms. The van der Waals surface area contributed by atoms with Gasteiger partial charge in [0, 0.05) is 5.41 Å². The van der Waals surface area contributed by atoms with Crippen molar-refractivity contribution in [3.63, 3.8) is 0 Å². The zero-order chi connectivity index (χ0) is 13.4. The minimum absolute atomic E-state index is 0.0441. The molecule has 0 radical (unpaired) electrons. The van der Waals surface area contributed by atoms with E-state index in [9.17, 15) is 14.7 Å². The maximum Gasteiger partial charge on any atom is 0.217 e. The summed E-state index contributed by atoms with van der Waals surface area (Å²) in [5.74, 6) is -1.02.